The van der Waals surface area contributed by atoms with E-state index >= 15 is 0 Å². The van der Waals surface area contributed by atoms with E-state index in [0.717, 1.165) is 17.9 Å². The molecule has 0 amide bonds. The van der Waals surface area contributed by atoms with E-state index in [9.17, 15) is 0 Å². The number of hydrogen-bond acceptors (Lipinski definition) is 2. The first-order chi connectivity index (χ1) is 4.93. The van der Waals surface area contributed by atoms with Crippen LogP contribution < -0.4 is 5.32 Å². The van der Waals surface area contributed by atoms with Gasteiger partial charge in [0.1, 0.15) is 0 Å². The van der Waals surface area contributed by atoms with E-state index in [4.69, 9.17) is 0 Å². The predicted molar refractivity (Wildman–Crippen MR) is 39.8 cm³/mol. The molecule has 4 atom stereocenters. The number of nitrogens with one attached hydrogen (secondary N) is 1. The minimum absolute atomic E-state index is 0.868. The second-order valence-corrected chi connectivity index (χ2v) is 3.99. The molecule has 0 saturated carbocycles. The second-order valence-electron chi connectivity index (χ2n) is 3.99. The third-order valence-corrected chi connectivity index (χ3v) is 3.49. The van der Waals surface area contributed by atoms with Gasteiger partial charge in [0.2, 0.25) is 0 Å². The average Bonchev–Trinajstić information content (AvgIpc) is 2.29. The molecule has 4 aliphatic heterocycles. The lowest BCUT2D eigenvalue weighted by molar-refractivity contribution is 0.0696. The Morgan fingerprint density at radius 2 is 2.30 bits per heavy atom. The zero-order valence-electron chi connectivity index (χ0n) is 6.21. The van der Waals surface area contributed by atoms with Gasteiger partial charge in [0.05, 0.1) is 0 Å². The summed E-state index contributed by atoms with van der Waals surface area (Å²) in [5.74, 6) is 2.05. The molecule has 2 heteroatoms. The summed E-state index contributed by atoms with van der Waals surface area (Å²) >= 11 is 0. The number of rotatable bonds is 0. The lowest BCUT2D eigenvalue weighted by atomic mass is 9.80. The molecule has 0 spiro atoms. The highest BCUT2D eigenvalue weighted by Crippen LogP contribution is 2.36. The highest BCUT2D eigenvalue weighted by molar-refractivity contribution is 5.01. The molecule has 4 aliphatic rings. The zero-order chi connectivity index (χ0) is 6.55. The van der Waals surface area contributed by atoms with Crippen LogP contribution in [0.4, 0.5) is 0 Å². The number of nitrogens with zero attached hydrogens (tertiary/aromatic N) is 1. The van der Waals surface area contributed by atoms with Crippen molar-refractivity contribution in [1.82, 2.24) is 10.2 Å². The van der Waals surface area contributed by atoms with Crippen LogP contribution in [-0.2, 0) is 0 Å². The summed E-state index contributed by atoms with van der Waals surface area (Å²) in [7, 11) is 0. The Morgan fingerprint density at radius 3 is 3.00 bits per heavy atom. The van der Waals surface area contributed by atoms with E-state index in [0.29, 0.717) is 0 Å². The molecule has 0 radical (unpaired) electrons. The Kier molecular flexibility index (Phi) is 0.968. The molecule has 10 heavy (non-hydrogen) atoms. The number of fused-ring (bicyclic) bond motifs is 1. The molecule has 0 aromatic rings. The van der Waals surface area contributed by atoms with Crippen molar-refractivity contribution in [2.75, 3.05) is 26.2 Å². The Bertz CT molecular complexity index is 143. The van der Waals surface area contributed by atoms with Crippen LogP contribution in [0.1, 0.15) is 6.42 Å². The largest absolute Gasteiger partial charge is 0.312 e. The Hall–Kier alpha value is -0.0800. The normalized spacial score (nSPS) is 57.6. The van der Waals surface area contributed by atoms with Crippen molar-refractivity contribution >= 4 is 0 Å². The predicted octanol–water partition coefficient (Wildman–Crippen LogP) is -0.0901. The van der Waals surface area contributed by atoms with Gasteiger partial charge in [0.15, 0.2) is 0 Å². The van der Waals surface area contributed by atoms with Crippen molar-refractivity contribution in [2.45, 2.75) is 12.5 Å². The highest BCUT2D eigenvalue weighted by Gasteiger charge is 2.44. The molecule has 56 valence electrons. The minimum Gasteiger partial charge on any atom is -0.312 e. The van der Waals surface area contributed by atoms with Crippen LogP contribution in [0.25, 0.3) is 0 Å². The second kappa shape index (κ2) is 1.74. The van der Waals surface area contributed by atoms with Gasteiger partial charge in [0, 0.05) is 19.1 Å². The molecule has 4 unspecified atom stereocenters. The summed E-state index contributed by atoms with van der Waals surface area (Å²) < 4.78 is 0. The monoisotopic (exact) mass is 138 g/mol. The van der Waals surface area contributed by atoms with E-state index in [-0.39, 0.29) is 0 Å². The van der Waals surface area contributed by atoms with Gasteiger partial charge in [-0.25, -0.2) is 0 Å². The summed E-state index contributed by atoms with van der Waals surface area (Å²) in [5.41, 5.74) is 0. The van der Waals surface area contributed by atoms with Gasteiger partial charge < -0.3 is 10.2 Å². The molecule has 4 rings (SSSR count). The molecular weight excluding hydrogens is 124 g/mol. The first-order valence-corrected chi connectivity index (χ1v) is 4.39. The zero-order valence-corrected chi connectivity index (χ0v) is 6.21. The smallest absolute Gasteiger partial charge is 0.0227 e. The summed E-state index contributed by atoms with van der Waals surface area (Å²) in [6.45, 7) is 5.39. The van der Waals surface area contributed by atoms with Crippen molar-refractivity contribution in [1.29, 1.82) is 0 Å². The third kappa shape index (κ3) is 0.565. The van der Waals surface area contributed by atoms with Crippen LogP contribution in [0.2, 0.25) is 0 Å². The Morgan fingerprint density at radius 1 is 1.30 bits per heavy atom. The van der Waals surface area contributed by atoms with Crippen LogP contribution in [0.15, 0.2) is 0 Å². The summed E-state index contributed by atoms with van der Waals surface area (Å²) in [6.07, 6.45) is 1.46. The summed E-state index contributed by atoms with van der Waals surface area (Å²) in [4.78, 5) is 2.62. The van der Waals surface area contributed by atoms with Crippen molar-refractivity contribution < 1.29 is 0 Å². The maximum atomic E-state index is 3.61. The van der Waals surface area contributed by atoms with Gasteiger partial charge in [-0.05, 0) is 31.3 Å². The van der Waals surface area contributed by atoms with Crippen molar-refractivity contribution in [2.24, 2.45) is 11.8 Å². The van der Waals surface area contributed by atoms with Crippen molar-refractivity contribution in [3.8, 4) is 0 Å². The van der Waals surface area contributed by atoms with Crippen LogP contribution in [0.3, 0.4) is 0 Å². The van der Waals surface area contributed by atoms with E-state index in [2.05, 4.69) is 10.2 Å². The number of piperidine rings is 3. The molecule has 4 heterocycles. The van der Waals surface area contributed by atoms with E-state index in [1.54, 1.807) is 0 Å². The molecule has 2 nitrogen and oxygen atoms in total. The topological polar surface area (TPSA) is 15.3 Å². The first kappa shape index (κ1) is 5.56. The van der Waals surface area contributed by atoms with Crippen LogP contribution in [0, 0.1) is 11.8 Å². The maximum Gasteiger partial charge on any atom is 0.0227 e. The fourth-order valence-electron chi connectivity index (χ4n) is 2.97. The van der Waals surface area contributed by atoms with Gasteiger partial charge in [-0.1, -0.05) is 0 Å². The van der Waals surface area contributed by atoms with Crippen LogP contribution in [-0.4, -0.2) is 37.1 Å². The number of hydrogen-bond donors (Lipinski definition) is 1. The maximum absolute atomic E-state index is 3.61. The fourth-order valence-corrected chi connectivity index (χ4v) is 2.97. The summed E-state index contributed by atoms with van der Waals surface area (Å²) in [6, 6.07) is 0.868. The van der Waals surface area contributed by atoms with E-state index in [1.165, 1.54) is 32.6 Å². The quantitative estimate of drug-likeness (QED) is 0.503. The Balaban J connectivity index is 1.94. The standard InChI is InChI=1S/C8H14N2/c1-2-10-4-6-3-9-8(5-10)7(1)6/h6-9H,1-5H2. The van der Waals surface area contributed by atoms with Crippen molar-refractivity contribution in [3.63, 3.8) is 0 Å². The SMILES string of the molecule is C1NC2CN3CCC2C1C3. The minimum atomic E-state index is 0.868. The molecule has 4 saturated heterocycles. The van der Waals surface area contributed by atoms with Gasteiger partial charge >= 0.3 is 0 Å². The molecule has 1 N–H and O–H groups in total. The molecule has 4 fully saturated rings. The van der Waals surface area contributed by atoms with Gasteiger partial charge in [-0.2, -0.15) is 0 Å². The molecule has 0 aromatic carbocycles. The molecular formula is C8H14N2. The van der Waals surface area contributed by atoms with E-state index in [1.807, 2.05) is 0 Å². The van der Waals surface area contributed by atoms with Crippen LogP contribution in [0.5, 0.6) is 0 Å². The van der Waals surface area contributed by atoms with Gasteiger partial charge in [0.25, 0.3) is 0 Å². The molecule has 4 bridgehead atoms. The third-order valence-electron chi connectivity index (χ3n) is 3.49. The molecule has 0 aromatic heterocycles. The first-order valence-electron chi connectivity index (χ1n) is 4.39. The highest BCUT2D eigenvalue weighted by atomic mass is 15.2. The molecule has 0 aliphatic carbocycles. The van der Waals surface area contributed by atoms with E-state index < -0.39 is 0 Å². The van der Waals surface area contributed by atoms with Gasteiger partial charge in [-0.3, -0.25) is 0 Å². The average molecular weight is 138 g/mol. The van der Waals surface area contributed by atoms with Crippen LogP contribution >= 0.6 is 0 Å². The Labute approximate surface area is 61.6 Å². The summed E-state index contributed by atoms with van der Waals surface area (Å²) in [5, 5.41) is 3.61. The van der Waals surface area contributed by atoms with Crippen molar-refractivity contribution in [3.05, 3.63) is 0 Å². The van der Waals surface area contributed by atoms with Gasteiger partial charge in [-0.15, -0.1) is 0 Å². The lowest BCUT2D eigenvalue weighted by Gasteiger charge is -2.43. The fraction of sp³-hybridized carbons (Fsp3) is 1.00. The lowest BCUT2D eigenvalue weighted by Crippen LogP contribution is -2.53.